The van der Waals surface area contributed by atoms with E-state index in [0.29, 0.717) is 38.4 Å². The minimum Gasteiger partial charge on any atom is -0.497 e. The largest absolute Gasteiger partial charge is 0.497 e. The first-order chi connectivity index (χ1) is 19.4. The third-order valence-electron chi connectivity index (χ3n) is 8.49. The Bertz CT molecular complexity index is 1070. The number of aromatic nitrogens is 2. The molecular formula is C31H47N5O4. The Labute approximate surface area is 239 Å². The number of carbonyl (C=O) groups is 2. The van der Waals surface area contributed by atoms with E-state index >= 15 is 0 Å². The van der Waals surface area contributed by atoms with Gasteiger partial charge in [-0.3, -0.25) is 4.79 Å². The number of imidazole rings is 1. The van der Waals surface area contributed by atoms with Gasteiger partial charge in [-0.1, -0.05) is 38.3 Å². The highest BCUT2D eigenvalue weighted by Crippen LogP contribution is 2.42. The highest BCUT2D eigenvalue weighted by atomic mass is 16.5. The average Bonchev–Trinajstić information content (AvgIpc) is 3.41. The molecule has 2 heterocycles. The predicted octanol–water partition coefficient (Wildman–Crippen LogP) is 4.25. The molecule has 2 aliphatic rings. The number of hydrogen-bond acceptors (Lipinski definition) is 5. The van der Waals surface area contributed by atoms with E-state index in [2.05, 4.69) is 22.5 Å². The number of carbonyl (C=O) groups excluding carboxylic acids is 2. The summed E-state index contributed by atoms with van der Waals surface area (Å²) in [7, 11) is 3.55. The molecule has 9 nitrogen and oxygen atoms in total. The van der Waals surface area contributed by atoms with Crippen molar-refractivity contribution in [3.63, 3.8) is 0 Å². The number of urea groups is 1. The van der Waals surface area contributed by atoms with E-state index in [1.807, 2.05) is 47.0 Å². The van der Waals surface area contributed by atoms with E-state index in [0.717, 1.165) is 42.9 Å². The van der Waals surface area contributed by atoms with Crippen LogP contribution in [0.4, 0.5) is 4.79 Å². The number of ether oxygens (including phenoxy) is 2. The van der Waals surface area contributed by atoms with E-state index in [1.165, 1.54) is 32.1 Å². The fraction of sp³-hybridized carbons (Fsp3) is 0.645. The van der Waals surface area contributed by atoms with E-state index in [1.54, 1.807) is 13.4 Å². The van der Waals surface area contributed by atoms with Crippen molar-refractivity contribution in [3.05, 3.63) is 48.0 Å². The molecule has 2 fully saturated rings. The molecule has 0 radical (unpaired) electrons. The van der Waals surface area contributed by atoms with Crippen molar-refractivity contribution in [2.24, 2.45) is 13.0 Å². The van der Waals surface area contributed by atoms with Crippen LogP contribution >= 0.6 is 0 Å². The predicted molar refractivity (Wildman–Crippen MR) is 155 cm³/mol. The summed E-state index contributed by atoms with van der Waals surface area (Å²) in [5.41, 5.74) is 1.75. The zero-order chi connectivity index (χ0) is 28.4. The van der Waals surface area contributed by atoms with Gasteiger partial charge in [0.15, 0.2) is 0 Å². The van der Waals surface area contributed by atoms with E-state index < -0.39 is 6.04 Å². The number of rotatable bonds is 12. The Morgan fingerprint density at radius 2 is 1.85 bits per heavy atom. The molecule has 40 heavy (non-hydrogen) atoms. The van der Waals surface area contributed by atoms with Gasteiger partial charge in [-0.2, -0.15) is 0 Å². The summed E-state index contributed by atoms with van der Waals surface area (Å²) in [6, 6.07) is 6.65. The topological polar surface area (TPSA) is 97.7 Å². The lowest BCUT2D eigenvalue weighted by Crippen LogP contribution is -2.57. The van der Waals surface area contributed by atoms with Crippen molar-refractivity contribution in [2.45, 2.75) is 82.8 Å². The van der Waals surface area contributed by atoms with Crippen LogP contribution in [0, 0.1) is 5.92 Å². The molecule has 1 saturated heterocycles. The van der Waals surface area contributed by atoms with Gasteiger partial charge in [0.2, 0.25) is 5.91 Å². The number of aryl methyl sites for hydroxylation is 1. The van der Waals surface area contributed by atoms with Crippen LogP contribution in [0.15, 0.2) is 36.8 Å². The average molecular weight is 554 g/mol. The summed E-state index contributed by atoms with van der Waals surface area (Å²) >= 11 is 0. The summed E-state index contributed by atoms with van der Waals surface area (Å²) in [6.45, 7) is 4.67. The maximum atomic E-state index is 13.9. The van der Waals surface area contributed by atoms with Crippen LogP contribution in [0.25, 0.3) is 0 Å². The van der Waals surface area contributed by atoms with E-state index in [-0.39, 0.29) is 17.5 Å². The molecule has 9 heteroatoms. The second-order valence-electron chi connectivity index (χ2n) is 11.4. The van der Waals surface area contributed by atoms with Crippen molar-refractivity contribution in [3.8, 4) is 5.75 Å². The first-order valence-corrected chi connectivity index (χ1v) is 15.0. The number of amides is 3. The summed E-state index contributed by atoms with van der Waals surface area (Å²) in [6.07, 6.45) is 13.7. The van der Waals surface area contributed by atoms with Crippen LogP contribution in [0.1, 0.15) is 69.5 Å². The quantitative estimate of drug-likeness (QED) is 0.410. The van der Waals surface area contributed by atoms with Crippen LogP contribution < -0.4 is 15.4 Å². The zero-order valence-corrected chi connectivity index (χ0v) is 24.5. The summed E-state index contributed by atoms with van der Waals surface area (Å²) in [4.78, 5) is 33.0. The van der Waals surface area contributed by atoms with Crippen molar-refractivity contribution in [1.82, 2.24) is 25.1 Å². The molecular weight excluding hydrogens is 506 g/mol. The fourth-order valence-electron chi connectivity index (χ4n) is 6.24. The van der Waals surface area contributed by atoms with Crippen LogP contribution in [0.5, 0.6) is 5.75 Å². The summed E-state index contributed by atoms with van der Waals surface area (Å²) in [5, 5.41) is 5.87. The monoisotopic (exact) mass is 553 g/mol. The molecule has 1 saturated carbocycles. The van der Waals surface area contributed by atoms with Gasteiger partial charge >= 0.3 is 6.03 Å². The zero-order valence-electron chi connectivity index (χ0n) is 24.5. The molecule has 1 atom stereocenters. The third-order valence-corrected chi connectivity index (χ3v) is 8.49. The van der Waals surface area contributed by atoms with Gasteiger partial charge in [0.05, 0.1) is 24.7 Å². The van der Waals surface area contributed by atoms with Crippen LogP contribution in [0.2, 0.25) is 0 Å². The SMILES string of the molecule is CCCOC1(C2CCCCC2)CCN(C(=O)C(Cc2ccc(OC)cc2)NC(=O)NCCc2cn(C)cn2)CC1. The van der Waals surface area contributed by atoms with Crippen molar-refractivity contribution < 1.29 is 19.1 Å². The molecule has 0 bridgehead atoms. The Hall–Kier alpha value is -3.07. The molecule has 2 N–H and O–H groups in total. The summed E-state index contributed by atoms with van der Waals surface area (Å²) < 4.78 is 13.7. The number of methoxy groups -OCH3 is 1. The Balaban J connectivity index is 1.40. The Kier molecular flexibility index (Phi) is 10.9. The lowest BCUT2D eigenvalue weighted by atomic mass is 9.72. The molecule has 1 unspecified atom stereocenters. The van der Waals surface area contributed by atoms with Gasteiger partial charge < -0.3 is 29.6 Å². The standard InChI is InChI=1S/C31H47N5O4/c1-4-20-40-31(25-8-6-5-7-9-25)15-18-36(19-16-31)29(37)28(21-24-10-12-27(39-3)13-11-24)34-30(38)32-17-14-26-22-35(2)23-33-26/h10-13,22-23,25,28H,4-9,14-21H2,1-3H3,(H2,32,34,38). The maximum absolute atomic E-state index is 13.9. The van der Waals surface area contributed by atoms with Gasteiger partial charge in [-0.15, -0.1) is 0 Å². The highest BCUT2D eigenvalue weighted by molar-refractivity contribution is 5.87. The lowest BCUT2D eigenvalue weighted by molar-refractivity contribution is -0.149. The van der Waals surface area contributed by atoms with Crippen LogP contribution in [-0.4, -0.2) is 71.4 Å². The Morgan fingerprint density at radius 3 is 2.48 bits per heavy atom. The number of piperidine rings is 1. The second-order valence-corrected chi connectivity index (χ2v) is 11.4. The van der Waals surface area contributed by atoms with Crippen LogP contribution in [0.3, 0.4) is 0 Å². The molecule has 1 aliphatic heterocycles. The molecule has 3 amide bonds. The van der Waals surface area contributed by atoms with Gasteiger partial charge in [-0.25, -0.2) is 9.78 Å². The minimum atomic E-state index is -0.665. The van der Waals surface area contributed by atoms with Gasteiger partial charge in [0, 0.05) is 52.3 Å². The first-order valence-electron chi connectivity index (χ1n) is 15.0. The maximum Gasteiger partial charge on any atom is 0.315 e. The van der Waals surface area contributed by atoms with E-state index in [9.17, 15) is 9.59 Å². The lowest BCUT2D eigenvalue weighted by Gasteiger charge is -2.48. The number of hydrogen-bond donors (Lipinski definition) is 2. The Morgan fingerprint density at radius 1 is 1.12 bits per heavy atom. The van der Waals surface area contributed by atoms with Crippen LogP contribution in [-0.2, 0) is 29.4 Å². The van der Waals surface area contributed by atoms with Gasteiger partial charge in [0.1, 0.15) is 11.8 Å². The van der Waals surface area contributed by atoms with Crippen molar-refractivity contribution in [1.29, 1.82) is 0 Å². The highest BCUT2D eigenvalue weighted by Gasteiger charge is 2.44. The van der Waals surface area contributed by atoms with Gasteiger partial charge in [0.25, 0.3) is 0 Å². The summed E-state index contributed by atoms with van der Waals surface area (Å²) in [5.74, 6) is 1.29. The second kappa shape index (κ2) is 14.5. The molecule has 4 rings (SSSR count). The molecule has 1 aromatic heterocycles. The fourth-order valence-corrected chi connectivity index (χ4v) is 6.24. The number of nitrogens with one attached hydrogen (secondary N) is 2. The molecule has 220 valence electrons. The number of benzene rings is 1. The molecule has 1 aromatic carbocycles. The van der Waals surface area contributed by atoms with Gasteiger partial charge in [-0.05, 0) is 55.7 Å². The normalized spacial score (nSPS) is 18.2. The third kappa shape index (κ3) is 7.99. The molecule has 1 aliphatic carbocycles. The number of nitrogens with zero attached hydrogens (tertiary/aromatic N) is 3. The molecule has 2 aromatic rings. The van der Waals surface area contributed by atoms with Crippen molar-refractivity contribution in [2.75, 3.05) is 33.4 Å². The number of likely N-dealkylation sites (tertiary alicyclic amines) is 1. The van der Waals surface area contributed by atoms with Crippen molar-refractivity contribution >= 4 is 11.9 Å². The first kappa shape index (κ1) is 29.9. The minimum absolute atomic E-state index is 0.0385. The van der Waals surface area contributed by atoms with E-state index in [4.69, 9.17) is 9.47 Å². The molecule has 0 spiro atoms. The smallest absolute Gasteiger partial charge is 0.315 e.